The van der Waals surface area contributed by atoms with Crippen molar-refractivity contribution in [3.63, 3.8) is 0 Å². The van der Waals surface area contributed by atoms with Gasteiger partial charge in [-0.2, -0.15) is 5.10 Å². The number of fused-ring (bicyclic) bond motifs is 1. The lowest BCUT2D eigenvalue weighted by Gasteiger charge is -2.46. The molecule has 1 unspecified atom stereocenters. The highest BCUT2D eigenvalue weighted by Gasteiger charge is 2.40. The molecule has 3 aliphatic heterocycles. The first-order valence-corrected chi connectivity index (χ1v) is 16.6. The first-order chi connectivity index (χ1) is 20.9. The number of carbonyl (C=O) groups excluding carboxylic acids is 3. The fourth-order valence-electron chi connectivity index (χ4n) is 8.15. The molecule has 1 saturated carbocycles. The maximum Gasteiger partial charge on any atom is 0.410 e. The van der Waals surface area contributed by atoms with Gasteiger partial charge in [-0.15, -0.1) is 0 Å². The van der Waals surface area contributed by atoms with Crippen molar-refractivity contribution in [2.75, 3.05) is 32.7 Å². The van der Waals surface area contributed by atoms with Crippen LogP contribution in [0.15, 0.2) is 12.1 Å². The Morgan fingerprint density at radius 1 is 1.02 bits per heavy atom. The number of amides is 3. The number of piperidine rings is 3. The van der Waals surface area contributed by atoms with Crippen molar-refractivity contribution in [2.45, 2.75) is 102 Å². The Morgan fingerprint density at radius 2 is 1.70 bits per heavy atom. The minimum Gasteiger partial charge on any atom is -0.444 e. The summed E-state index contributed by atoms with van der Waals surface area (Å²) < 4.78 is 23.1. The molecule has 3 amide bonds. The molecule has 1 atom stereocenters. The van der Waals surface area contributed by atoms with E-state index in [1.54, 1.807) is 11.7 Å². The van der Waals surface area contributed by atoms with Crippen molar-refractivity contribution in [1.82, 2.24) is 24.9 Å². The zero-order chi connectivity index (χ0) is 31.2. The molecule has 2 aromatic rings. The number of nitrogens with zero attached hydrogens (tertiary/aromatic N) is 4. The van der Waals surface area contributed by atoms with Crippen LogP contribution in [0, 0.1) is 17.2 Å². The second-order valence-corrected chi connectivity index (χ2v) is 14.9. The van der Waals surface area contributed by atoms with E-state index in [-0.39, 0.29) is 36.1 Å². The lowest BCUT2D eigenvalue weighted by Crippen LogP contribution is -2.46. The molecular weight excluding hydrogens is 561 g/mol. The number of benzene rings is 1. The average Bonchev–Trinajstić information content (AvgIpc) is 3.31. The molecule has 240 valence electrons. The normalized spacial score (nSPS) is 24.2. The monoisotopic (exact) mass is 609 g/mol. The van der Waals surface area contributed by atoms with Crippen molar-refractivity contribution < 1.29 is 23.5 Å². The molecule has 4 fully saturated rings. The molecule has 1 aromatic heterocycles. The summed E-state index contributed by atoms with van der Waals surface area (Å²) in [6, 6.07) is 3.81. The van der Waals surface area contributed by atoms with Crippen molar-refractivity contribution in [3.05, 3.63) is 29.2 Å². The van der Waals surface area contributed by atoms with Crippen LogP contribution in [0.3, 0.4) is 0 Å². The number of hydrogen-bond acceptors (Lipinski definition) is 6. The van der Waals surface area contributed by atoms with Crippen LogP contribution >= 0.6 is 0 Å². The van der Waals surface area contributed by atoms with Crippen LogP contribution < -0.4 is 5.32 Å². The molecule has 3 saturated heterocycles. The lowest BCUT2D eigenvalue weighted by atomic mass is 9.65. The SMILES string of the molecule is Cn1nc(C2CCC(=O)NC2=O)c2ccc(C3CCN(CC4CCC5(CC4)CCN(C(=O)OC(C)(C)C)CC5)CC3)c(F)c21. The topological polar surface area (TPSA) is 96.8 Å². The van der Waals surface area contributed by atoms with Crippen LogP contribution in [0.25, 0.3) is 10.9 Å². The van der Waals surface area contributed by atoms with E-state index in [0.717, 1.165) is 64.0 Å². The maximum absolute atomic E-state index is 16.0. The van der Waals surface area contributed by atoms with Crippen molar-refractivity contribution in [3.8, 4) is 0 Å². The van der Waals surface area contributed by atoms with E-state index in [0.29, 0.717) is 34.4 Å². The summed E-state index contributed by atoms with van der Waals surface area (Å²) in [7, 11) is 1.73. The smallest absolute Gasteiger partial charge is 0.410 e. The number of halogens is 1. The number of likely N-dealkylation sites (tertiary alicyclic amines) is 2. The van der Waals surface area contributed by atoms with Gasteiger partial charge in [0, 0.05) is 38.5 Å². The quantitative estimate of drug-likeness (QED) is 0.452. The van der Waals surface area contributed by atoms with Crippen LogP contribution in [0.2, 0.25) is 0 Å². The van der Waals surface area contributed by atoms with Gasteiger partial charge in [0.1, 0.15) is 11.1 Å². The number of aryl methyl sites for hydroxylation is 1. The fourth-order valence-corrected chi connectivity index (χ4v) is 8.15. The first-order valence-electron chi connectivity index (χ1n) is 16.6. The molecule has 44 heavy (non-hydrogen) atoms. The van der Waals surface area contributed by atoms with Gasteiger partial charge in [-0.3, -0.25) is 19.6 Å². The van der Waals surface area contributed by atoms with Crippen LogP contribution in [-0.2, 0) is 21.4 Å². The highest BCUT2D eigenvalue weighted by molar-refractivity contribution is 6.02. The van der Waals surface area contributed by atoms with Gasteiger partial charge in [0.15, 0.2) is 5.82 Å². The summed E-state index contributed by atoms with van der Waals surface area (Å²) in [5.74, 6) is -0.524. The van der Waals surface area contributed by atoms with Gasteiger partial charge in [-0.25, -0.2) is 9.18 Å². The second kappa shape index (κ2) is 12.1. The minimum atomic E-state index is -0.537. The highest BCUT2D eigenvalue weighted by Crippen LogP contribution is 2.47. The fraction of sp³-hybridized carbons (Fsp3) is 0.706. The van der Waals surface area contributed by atoms with Gasteiger partial charge in [-0.1, -0.05) is 12.1 Å². The average molecular weight is 610 g/mol. The minimum absolute atomic E-state index is 0.161. The molecule has 4 aliphatic rings. The van der Waals surface area contributed by atoms with E-state index >= 15 is 4.39 Å². The second-order valence-electron chi connectivity index (χ2n) is 14.9. The van der Waals surface area contributed by atoms with Crippen LogP contribution in [0.1, 0.15) is 108 Å². The predicted molar refractivity (Wildman–Crippen MR) is 166 cm³/mol. The van der Waals surface area contributed by atoms with Crippen molar-refractivity contribution in [1.29, 1.82) is 0 Å². The Kier molecular flexibility index (Phi) is 8.50. The van der Waals surface area contributed by atoms with E-state index in [2.05, 4.69) is 15.3 Å². The Balaban J connectivity index is 1.00. The van der Waals surface area contributed by atoms with Gasteiger partial charge in [0.2, 0.25) is 11.8 Å². The summed E-state index contributed by atoms with van der Waals surface area (Å²) in [5.41, 5.74) is 1.66. The summed E-state index contributed by atoms with van der Waals surface area (Å²) in [6.07, 6.45) is 9.47. The van der Waals surface area contributed by atoms with Gasteiger partial charge in [0.05, 0.1) is 11.6 Å². The number of hydrogen-bond donors (Lipinski definition) is 1. The number of imide groups is 1. The summed E-state index contributed by atoms with van der Waals surface area (Å²) >= 11 is 0. The Bertz CT molecular complexity index is 1400. The van der Waals surface area contributed by atoms with E-state index in [1.807, 2.05) is 37.8 Å². The summed E-state index contributed by atoms with van der Waals surface area (Å²) in [5, 5.41) is 7.60. The lowest BCUT2D eigenvalue weighted by molar-refractivity contribution is -0.134. The molecule has 6 rings (SSSR count). The van der Waals surface area contributed by atoms with Gasteiger partial charge in [0.25, 0.3) is 0 Å². The summed E-state index contributed by atoms with van der Waals surface area (Å²) in [6.45, 7) is 10.4. The summed E-state index contributed by atoms with van der Waals surface area (Å²) in [4.78, 5) is 41.1. The molecule has 9 nitrogen and oxygen atoms in total. The molecule has 1 aliphatic carbocycles. The van der Waals surface area contributed by atoms with Crippen molar-refractivity contribution in [2.24, 2.45) is 18.4 Å². The molecule has 1 N–H and O–H groups in total. The molecule has 1 aromatic carbocycles. The van der Waals surface area contributed by atoms with Gasteiger partial charge < -0.3 is 14.5 Å². The third kappa shape index (κ3) is 6.37. The standard InChI is InChI=1S/C34H48FN5O4/c1-33(2,3)44-32(43)40-19-15-34(16-20-40)13-9-22(10-14-34)21-39-17-11-23(12-18-39)24-5-6-25-29(37-38(4)30(25)28(24)35)26-7-8-27(41)36-31(26)42/h5-6,22-23,26H,7-21H2,1-4H3,(H,36,41,42). The molecule has 1 spiro atoms. The molecule has 10 heteroatoms. The Morgan fingerprint density at radius 3 is 2.34 bits per heavy atom. The molecule has 0 radical (unpaired) electrons. The molecule has 4 heterocycles. The molecule has 0 bridgehead atoms. The van der Waals surface area contributed by atoms with Crippen LogP contribution in [-0.4, -0.2) is 75.8 Å². The van der Waals surface area contributed by atoms with Crippen LogP contribution in [0.5, 0.6) is 0 Å². The zero-order valence-electron chi connectivity index (χ0n) is 26.8. The first kappa shape index (κ1) is 31.0. The number of rotatable bonds is 4. The van der Waals surface area contributed by atoms with Gasteiger partial charge >= 0.3 is 6.09 Å². The largest absolute Gasteiger partial charge is 0.444 e. The number of aromatic nitrogens is 2. The Labute approximate surface area is 259 Å². The van der Waals surface area contributed by atoms with Crippen LogP contribution in [0.4, 0.5) is 9.18 Å². The number of ether oxygens (including phenoxy) is 1. The highest BCUT2D eigenvalue weighted by atomic mass is 19.1. The number of carbonyl (C=O) groups is 3. The molecular formula is C34H48FN5O4. The van der Waals surface area contributed by atoms with Gasteiger partial charge in [-0.05, 0) is 114 Å². The van der Waals surface area contributed by atoms with E-state index in [4.69, 9.17) is 4.74 Å². The predicted octanol–water partition coefficient (Wildman–Crippen LogP) is 5.62. The van der Waals surface area contributed by atoms with E-state index < -0.39 is 11.5 Å². The Hall–Kier alpha value is -3.01. The number of nitrogens with one attached hydrogen (secondary N) is 1. The third-order valence-corrected chi connectivity index (χ3v) is 10.8. The maximum atomic E-state index is 16.0. The third-order valence-electron chi connectivity index (χ3n) is 10.8. The van der Waals surface area contributed by atoms with Crippen molar-refractivity contribution >= 4 is 28.8 Å². The van der Waals surface area contributed by atoms with E-state index in [9.17, 15) is 14.4 Å². The van der Waals surface area contributed by atoms with E-state index in [1.165, 1.54) is 25.7 Å². The zero-order valence-corrected chi connectivity index (χ0v) is 26.8.